The Bertz CT molecular complexity index is 825. The molecule has 1 saturated carbocycles. The standard InChI is InChI=1S/C16H22N4O6/c1-8(2)11(18)14(24)26-12-9(6-21)5-16(7-17,13(12)23)20-4-3-10(22)19-15(20)25/h3-4,8-9,11-13,21,23H,5-6,18H2,1-2H3,(H,19,22,25)/t9-,11+,12?,13?,16+/m1/s1. The van der Waals surface area contributed by atoms with Crippen molar-refractivity contribution in [2.24, 2.45) is 17.6 Å². The summed E-state index contributed by atoms with van der Waals surface area (Å²) in [5, 5.41) is 30.0. The molecule has 1 aromatic heterocycles. The van der Waals surface area contributed by atoms with Crippen molar-refractivity contribution >= 4 is 5.97 Å². The van der Waals surface area contributed by atoms with Crippen molar-refractivity contribution in [2.75, 3.05) is 6.61 Å². The predicted octanol–water partition coefficient (Wildman–Crippen LogP) is -1.98. The van der Waals surface area contributed by atoms with E-state index in [4.69, 9.17) is 10.5 Å². The number of aromatic nitrogens is 2. The van der Waals surface area contributed by atoms with Gasteiger partial charge in [-0.15, -0.1) is 0 Å². The van der Waals surface area contributed by atoms with E-state index in [9.17, 15) is 29.9 Å². The van der Waals surface area contributed by atoms with E-state index in [0.717, 1.165) is 16.8 Å². The Morgan fingerprint density at radius 2 is 2.23 bits per heavy atom. The van der Waals surface area contributed by atoms with Crippen molar-refractivity contribution in [1.29, 1.82) is 5.26 Å². The molecule has 1 fully saturated rings. The van der Waals surface area contributed by atoms with Gasteiger partial charge in [0.1, 0.15) is 18.2 Å². The van der Waals surface area contributed by atoms with E-state index in [1.807, 2.05) is 11.1 Å². The van der Waals surface area contributed by atoms with Gasteiger partial charge in [0.15, 0.2) is 5.54 Å². The Labute approximate surface area is 148 Å². The van der Waals surface area contributed by atoms with Crippen molar-refractivity contribution in [3.63, 3.8) is 0 Å². The molecule has 10 nitrogen and oxygen atoms in total. The molecule has 0 bridgehead atoms. The maximum atomic E-state index is 12.2. The van der Waals surface area contributed by atoms with E-state index in [1.54, 1.807) is 13.8 Å². The maximum absolute atomic E-state index is 12.2. The molecule has 1 aliphatic carbocycles. The van der Waals surface area contributed by atoms with E-state index >= 15 is 0 Å². The molecule has 0 amide bonds. The minimum atomic E-state index is -1.80. The number of ether oxygens (including phenoxy) is 1. The number of carbonyl (C=O) groups excluding carboxylic acids is 1. The normalized spacial score (nSPS) is 29.3. The molecular weight excluding hydrogens is 344 g/mol. The lowest BCUT2D eigenvalue weighted by molar-refractivity contribution is -0.160. The summed E-state index contributed by atoms with van der Waals surface area (Å²) >= 11 is 0. The van der Waals surface area contributed by atoms with Crippen LogP contribution in [0.3, 0.4) is 0 Å². The predicted molar refractivity (Wildman–Crippen MR) is 88.8 cm³/mol. The van der Waals surface area contributed by atoms with Crippen LogP contribution in [0.1, 0.15) is 20.3 Å². The lowest BCUT2D eigenvalue weighted by atomic mass is 9.95. The topological polar surface area (TPSA) is 171 Å². The van der Waals surface area contributed by atoms with Crippen LogP contribution in [0.5, 0.6) is 0 Å². The second kappa shape index (κ2) is 7.41. The van der Waals surface area contributed by atoms with Crippen molar-refractivity contribution < 1.29 is 19.7 Å². The third-order valence-corrected chi connectivity index (χ3v) is 4.76. The second-order valence-electron chi connectivity index (χ2n) is 6.78. The monoisotopic (exact) mass is 366 g/mol. The molecule has 5 atom stereocenters. The van der Waals surface area contributed by atoms with Gasteiger partial charge in [-0.05, 0) is 12.3 Å². The van der Waals surface area contributed by atoms with Crippen LogP contribution in [0, 0.1) is 23.2 Å². The van der Waals surface area contributed by atoms with Crippen LogP contribution >= 0.6 is 0 Å². The molecule has 0 aromatic carbocycles. The summed E-state index contributed by atoms with van der Waals surface area (Å²) in [6.07, 6.45) is -1.89. The molecule has 142 valence electrons. The largest absolute Gasteiger partial charge is 0.458 e. The van der Waals surface area contributed by atoms with Gasteiger partial charge < -0.3 is 20.7 Å². The molecule has 0 radical (unpaired) electrons. The summed E-state index contributed by atoms with van der Waals surface area (Å²) in [7, 11) is 0. The molecule has 0 aliphatic heterocycles. The fourth-order valence-electron chi connectivity index (χ4n) is 3.12. The van der Waals surface area contributed by atoms with Crippen LogP contribution in [0.25, 0.3) is 0 Å². The van der Waals surface area contributed by atoms with Gasteiger partial charge in [-0.1, -0.05) is 13.8 Å². The number of hydrogen-bond acceptors (Lipinski definition) is 8. The summed E-state index contributed by atoms with van der Waals surface area (Å²) in [4.78, 5) is 37.5. The molecular formula is C16H22N4O6. The molecule has 26 heavy (non-hydrogen) atoms. The molecule has 2 unspecified atom stereocenters. The zero-order valence-corrected chi connectivity index (χ0v) is 14.5. The van der Waals surface area contributed by atoms with Crippen LogP contribution < -0.4 is 17.0 Å². The summed E-state index contributed by atoms with van der Waals surface area (Å²) < 4.78 is 6.17. The molecule has 1 aliphatic rings. The number of rotatable bonds is 5. The van der Waals surface area contributed by atoms with Crippen LogP contribution in [-0.2, 0) is 15.1 Å². The van der Waals surface area contributed by atoms with Crippen molar-refractivity contribution in [2.45, 2.75) is 44.1 Å². The number of hydrogen-bond donors (Lipinski definition) is 4. The minimum absolute atomic E-state index is 0.151. The van der Waals surface area contributed by atoms with Gasteiger partial charge in [0.2, 0.25) is 0 Å². The average Bonchev–Trinajstić information content (AvgIpc) is 2.87. The quantitative estimate of drug-likeness (QED) is 0.434. The molecule has 1 heterocycles. The third kappa shape index (κ3) is 3.29. The van der Waals surface area contributed by atoms with Crippen molar-refractivity contribution in [3.05, 3.63) is 33.1 Å². The lowest BCUT2D eigenvalue weighted by Gasteiger charge is -2.29. The number of carbonyl (C=O) groups is 1. The van der Waals surface area contributed by atoms with Gasteiger partial charge in [-0.25, -0.2) is 4.79 Å². The highest BCUT2D eigenvalue weighted by Gasteiger charge is 2.57. The Kier molecular flexibility index (Phi) is 5.65. The Morgan fingerprint density at radius 3 is 2.73 bits per heavy atom. The minimum Gasteiger partial charge on any atom is -0.458 e. The molecule has 1 aromatic rings. The number of aromatic amines is 1. The van der Waals surface area contributed by atoms with Gasteiger partial charge in [-0.2, -0.15) is 5.26 Å². The molecule has 5 N–H and O–H groups in total. The highest BCUT2D eigenvalue weighted by Crippen LogP contribution is 2.41. The number of nitrogens with zero attached hydrogens (tertiary/aromatic N) is 2. The van der Waals surface area contributed by atoms with Crippen LogP contribution in [-0.4, -0.2) is 50.6 Å². The second-order valence-corrected chi connectivity index (χ2v) is 6.78. The van der Waals surface area contributed by atoms with Crippen molar-refractivity contribution in [3.8, 4) is 6.07 Å². The first-order chi connectivity index (χ1) is 12.2. The van der Waals surface area contributed by atoms with E-state index in [2.05, 4.69) is 0 Å². The van der Waals surface area contributed by atoms with E-state index in [-0.39, 0.29) is 12.3 Å². The summed E-state index contributed by atoms with van der Waals surface area (Å²) in [5.41, 5.74) is 2.40. The Morgan fingerprint density at radius 1 is 1.58 bits per heavy atom. The number of aliphatic hydroxyl groups is 2. The first kappa shape index (κ1) is 19.8. The van der Waals surface area contributed by atoms with Gasteiger partial charge in [0.25, 0.3) is 5.56 Å². The number of esters is 1. The van der Waals surface area contributed by atoms with E-state index < -0.39 is 53.5 Å². The number of aliphatic hydroxyl groups excluding tert-OH is 2. The fraction of sp³-hybridized carbons (Fsp3) is 0.625. The number of H-pyrrole nitrogens is 1. The average molecular weight is 366 g/mol. The molecule has 0 spiro atoms. The molecule has 2 rings (SSSR count). The highest BCUT2D eigenvalue weighted by atomic mass is 16.6. The SMILES string of the molecule is CC(C)[C@H](N)C(=O)OC1C(O)[C@](C#N)(n2ccc(=O)[nH]c2=O)C[C@@H]1CO. The fourth-order valence-corrected chi connectivity index (χ4v) is 3.12. The molecule has 10 heteroatoms. The lowest BCUT2D eigenvalue weighted by Crippen LogP contribution is -2.51. The van der Waals surface area contributed by atoms with Crippen LogP contribution in [0.2, 0.25) is 0 Å². The number of nitrogens with two attached hydrogens (primary N) is 1. The number of nitrogens with one attached hydrogen (secondary N) is 1. The zero-order chi connectivity index (χ0) is 19.6. The summed E-state index contributed by atoms with van der Waals surface area (Å²) in [6.45, 7) is 2.97. The van der Waals surface area contributed by atoms with E-state index in [1.165, 1.54) is 0 Å². The Hall–Kier alpha value is -2.48. The first-order valence-corrected chi connectivity index (χ1v) is 8.16. The van der Waals surface area contributed by atoms with Gasteiger partial charge in [-0.3, -0.25) is 19.1 Å². The Balaban J connectivity index is 2.42. The summed E-state index contributed by atoms with van der Waals surface area (Å²) in [6, 6.07) is 1.98. The molecule has 0 saturated heterocycles. The third-order valence-electron chi connectivity index (χ3n) is 4.76. The zero-order valence-electron chi connectivity index (χ0n) is 14.5. The first-order valence-electron chi connectivity index (χ1n) is 8.16. The number of nitriles is 1. The van der Waals surface area contributed by atoms with Gasteiger partial charge >= 0.3 is 11.7 Å². The van der Waals surface area contributed by atoms with Crippen LogP contribution in [0.4, 0.5) is 0 Å². The van der Waals surface area contributed by atoms with E-state index in [0.29, 0.717) is 0 Å². The highest BCUT2D eigenvalue weighted by molar-refractivity contribution is 5.76. The summed E-state index contributed by atoms with van der Waals surface area (Å²) in [5.74, 6) is -1.77. The van der Waals surface area contributed by atoms with Gasteiger partial charge in [0, 0.05) is 24.8 Å². The van der Waals surface area contributed by atoms with Crippen molar-refractivity contribution in [1.82, 2.24) is 9.55 Å². The maximum Gasteiger partial charge on any atom is 0.329 e. The van der Waals surface area contributed by atoms with Crippen LogP contribution in [0.15, 0.2) is 21.9 Å². The smallest absolute Gasteiger partial charge is 0.329 e. The van der Waals surface area contributed by atoms with Gasteiger partial charge in [0.05, 0.1) is 6.07 Å².